The van der Waals surface area contributed by atoms with Crippen LogP contribution < -0.4 is 5.56 Å². The summed E-state index contributed by atoms with van der Waals surface area (Å²) in [7, 11) is 0. The van der Waals surface area contributed by atoms with E-state index in [2.05, 4.69) is 9.97 Å². The zero-order chi connectivity index (χ0) is 13.4. The molecule has 0 saturated heterocycles. The third kappa shape index (κ3) is 1.97. The van der Waals surface area contributed by atoms with Gasteiger partial charge in [0.15, 0.2) is 0 Å². The lowest BCUT2D eigenvalue weighted by atomic mass is 10.1. The number of phenols is 1. The van der Waals surface area contributed by atoms with Gasteiger partial charge in [-0.15, -0.1) is 0 Å². The summed E-state index contributed by atoms with van der Waals surface area (Å²) in [6, 6.07) is 12.4. The number of fused-ring (bicyclic) bond motifs is 1. The van der Waals surface area contributed by atoms with E-state index >= 15 is 0 Å². The Balaban J connectivity index is 2.31. The van der Waals surface area contributed by atoms with E-state index < -0.39 is 0 Å². The van der Waals surface area contributed by atoms with Gasteiger partial charge in [-0.25, -0.2) is 0 Å². The van der Waals surface area contributed by atoms with Gasteiger partial charge in [0.1, 0.15) is 11.6 Å². The molecule has 4 nitrogen and oxygen atoms in total. The van der Waals surface area contributed by atoms with Crippen molar-refractivity contribution in [3.05, 3.63) is 58.4 Å². The molecule has 0 bridgehead atoms. The van der Waals surface area contributed by atoms with Crippen LogP contribution in [-0.4, -0.2) is 15.1 Å². The molecular weight excluding hydrogens is 240 g/mol. The van der Waals surface area contributed by atoms with Gasteiger partial charge in [0.25, 0.3) is 5.56 Å². The summed E-state index contributed by atoms with van der Waals surface area (Å²) < 4.78 is 0. The van der Waals surface area contributed by atoms with E-state index in [1.807, 2.05) is 19.1 Å². The molecular formula is C15H12N2O2. The number of aromatic hydroxyl groups is 1. The lowest BCUT2D eigenvalue weighted by Crippen LogP contribution is -2.09. The molecule has 0 aliphatic heterocycles. The van der Waals surface area contributed by atoms with Crippen LogP contribution in [0.15, 0.2) is 47.3 Å². The van der Waals surface area contributed by atoms with Crippen molar-refractivity contribution in [1.29, 1.82) is 0 Å². The molecule has 3 rings (SSSR count). The summed E-state index contributed by atoms with van der Waals surface area (Å²) in [5, 5.41) is 10.4. The SMILES string of the molecule is Cc1ccc2[nH]c(-c3ccccc3O)nc(=O)c2c1. The summed E-state index contributed by atoms with van der Waals surface area (Å²) in [6.45, 7) is 1.93. The van der Waals surface area contributed by atoms with E-state index in [1.54, 1.807) is 30.3 Å². The number of aromatic nitrogens is 2. The predicted octanol–water partition coefficient (Wildman–Crippen LogP) is 2.60. The van der Waals surface area contributed by atoms with Crippen molar-refractivity contribution in [1.82, 2.24) is 9.97 Å². The van der Waals surface area contributed by atoms with E-state index in [1.165, 1.54) is 0 Å². The highest BCUT2D eigenvalue weighted by atomic mass is 16.3. The van der Waals surface area contributed by atoms with Crippen LogP contribution in [0.5, 0.6) is 5.75 Å². The fraction of sp³-hybridized carbons (Fsp3) is 0.0667. The summed E-state index contributed by atoms with van der Waals surface area (Å²) >= 11 is 0. The normalized spacial score (nSPS) is 10.8. The molecule has 0 radical (unpaired) electrons. The number of benzene rings is 2. The number of phenolic OH excluding ortho intramolecular Hbond substituents is 1. The van der Waals surface area contributed by atoms with Crippen LogP contribution in [0.1, 0.15) is 5.56 Å². The maximum atomic E-state index is 12.0. The van der Waals surface area contributed by atoms with Crippen LogP contribution in [0.3, 0.4) is 0 Å². The highest BCUT2D eigenvalue weighted by Crippen LogP contribution is 2.25. The standard InChI is InChI=1S/C15H12N2O2/c1-9-6-7-12-11(8-9)15(19)17-14(16-12)10-4-2-3-5-13(10)18/h2-8,18H,1H3,(H,16,17,19). The van der Waals surface area contributed by atoms with E-state index in [9.17, 15) is 9.90 Å². The molecule has 0 aliphatic carbocycles. The van der Waals surface area contributed by atoms with Crippen LogP contribution in [0, 0.1) is 6.92 Å². The minimum Gasteiger partial charge on any atom is -0.507 e. The minimum absolute atomic E-state index is 0.0945. The first kappa shape index (κ1) is 11.5. The molecule has 0 fully saturated rings. The summed E-state index contributed by atoms with van der Waals surface area (Å²) in [5.41, 5.74) is 1.94. The molecule has 0 spiro atoms. The van der Waals surface area contributed by atoms with E-state index in [-0.39, 0.29) is 11.3 Å². The van der Waals surface area contributed by atoms with E-state index in [0.29, 0.717) is 22.3 Å². The van der Waals surface area contributed by atoms with E-state index in [0.717, 1.165) is 5.56 Å². The number of H-pyrrole nitrogens is 1. The smallest absolute Gasteiger partial charge is 0.281 e. The van der Waals surface area contributed by atoms with Crippen molar-refractivity contribution >= 4 is 10.9 Å². The molecule has 3 aromatic rings. The molecule has 0 atom stereocenters. The van der Waals surface area contributed by atoms with Crippen molar-refractivity contribution in [2.24, 2.45) is 0 Å². The number of aryl methyl sites for hydroxylation is 1. The average Bonchev–Trinajstić information content (AvgIpc) is 2.40. The van der Waals surface area contributed by atoms with Crippen molar-refractivity contribution in [3.63, 3.8) is 0 Å². The van der Waals surface area contributed by atoms with Crippen molar-refractivity contribution in [2.75, 3.05) is 0 Å². The third-order valence-electron chi connectivity index (χ3n) is 3.03. The molecule has 0 amide bonds. The number of nitrogens with one attached hydrogen (secondary N) is 1. The Morgan fingerprint density at radius 2 is 1.95 bits per heavy atom. The molecule has 0 aliphatic rings. The molecule has 1 aromatic heterocycles. The molecule has 0 unspecified atom stereocenters. The molecule has 2 N–H and O–H groups in total. The number of rotatable bonds is 1. The highest BCUT2D eigenvalue weighted by Gasteiger charge is 2.09. The second-order valence-corrected chi connectivity index (χ2v) is 4.46. The van der Waals surface area contributed by atoms with E-state index in [4.69, 9.17) is 0 Å². The second-order valence-electron chi connectivity index (χ2n) is 4.46. The Kier molecular flexibility index (Phi) is 2.56. The minimum atomic E-state index is -0.296. The maximum Gasteiger partial charge on any atom is 0.281 e. The summed E-state index contributed by atoms with van der Waals surface area (Å²) in [5.74, 6) is 0.469. The number of aromatic amines is 1. The Morgan fingerprint density at radius 3 is 2.74 bits per heavy atom. The van der Waals surface area contributed by atoms with Crippen molar-refractivity contribution in [3.8, 4) is 17.1 Å². The van der Waals surface area contributed by atoms with Crippen LogP contribution in [0.2, 0.25) is 0 Å². The van der Waals surface area contributed by atoms with Crippen LogP contribution in [0.4, 0.5) is 0 Å². The number of hydrogen-bond acceptors (Lipinski definition) is 3. The fourth-order valence-electron chi connectivity index (χ4n) is 2.06. The first-order valence-corrected chi connectivity index (χ1v) is 5.94. The van der Waals surface area contributed by atoms with Gasteiger partial charge in [-0.1, -0.05) is 23.8 Å². The second kappa shape index (κ2) is 4.24. The van der Waals surface area contributed by atoms with Crippen LogP contribution in [-0.2, 0) is 0 Å². The zero-order valence-electron chi connectivity index (χ0n) is 10.3. The van der Waals surface area contributed by atoms with Gasteiger partial charge in [0.05, 0.1) is 16.5 Å². The predicted molar refractivity (Wildman–Crippen MR) is 74.2 cm³/mol. The van der Waals surface area contributed by atoms with Crippen LogP contribution in [0.25, 0.3) is 22.3 Å². The molecule has 2 aromatic carbocycles. The first-order valence-electron chi connectivity index (χ1n) is 5.94. The molecule has 0 saturated carbocycles. The van der Waals surface area contributed by atoms with Gasteiger partial charge >= 0.3 is 0 Å². The van der Waals surface area contributed by atoms with Crippen molar-refractivity contribution in [2.45, 2.75) is 6.92 Å². The lowest BCUT2D eigenvalue weighted by Gasteiger charge is -2.05. The van der Waals surface area contributed by atoms with Gasteiger partial charge in [0.2, 0.25) is 0 Å². The quantitative estimate of drug-likeness (QED) is 0.699. The Morgan fingerprint density at radius 1 is 1.16 bits per heavy atom. The van der Waals surface area contributed by atoms with Gasteiger partial charge in [-0.05, 0) is 31.2 Å². The number of hydrogen-bond donors (Lipinski definition) is 2. The van der Waals surface area contributed by atoms with Gasteiger partial charge < -0.3 is 10.1 Å². The third-order valence-corrected chi connectivity index (χ3v) is 3.03. The Labute approximate surface area is 109 Å². The van der Waals surface area contributed by atoms with Crippen molar-refractivity contribution < 1.29 is 5.11 Å². The topological polar surface area (TPSA) is 66.0 Å². The monoisotopic (exact) mass is 252 g/mol. The highest BCUT2D eigenvalue weighted by molar-refractivity contribution is 5.80. The summed E-state index contributed by atoms with van der Waals surface area (Å²) in [4.78, 5) is 19.1. The Bertz CT molecular complexity index is 822. The number of para-hydroxylation sites is 1. The lowest BCUT2D eigenvalue weighted by molar-refractivity contribution is 0.477. The first-order chi connectivity index (χ1) is 9.15. The van der Waals surface area contributed by atoms with Gasteiger partial charge in [0, 0.05) is 0 Å². The molecule has 19 heavy (non-hydrogen) atoms. The van der Waals surface area contributed by atoms with Gasteiger partial charge in [-0.3, -0.25) is 4.79 Å². The molecule has 1 heterocycles. The fourth-order valence-corrected chi connectivity index (χ4v) is 2.06. The Hall–Kier alpha value is -2.62. The summed E-state index contributed by atoms with van der Waals surface area (Å²) in [6.07, 6.45) is 0. The zero-order valence-corrected chi connectivity index (χ0v) is 10.3. The average molecular weight is 252 g/mol. The largest absolute Gasteiger partial charge is 0.507 e. The van der Waals surface area contributed by atoms with Crippen LogP contribution >= 0.6 is 0 Å². The number of nitrogens with zero attached hydrogens (tertiary/aromatic N) is 1. The maximum absolute atomic E-state index is 12.0. The van der Waals surface area contributed by atoms with Gasteiger partial charge in [-0.2, -0.15) is 4.98 Å². The molecule has 94 valence electrons. The molecule has 4 heteroatoms.